The van der Waals surface area contributed by atoms with Crippen LogP contribution in [0.3, 0.4) is 0 Å². The Labute approximate surface area is 168 Å². The van der Waals surface area contributed by atoms with E-state index in [4.69, 9.17) is 16.3 Å². The van der Waals surface area contributed by atoms with E-state index in [0.29, 0.717) is 10.6 Å². The summed E-state index contributed by atoms with van der Waals surface area (Å²) in [5.74, 6) is -1.20. The van der Waals surface area contributed by atoms with E-state index >= 15 is 0 Å². The second-order valence-corrected chi connectivity index (χ2v) is 8.84. The first-order valence-electron chi connectivity index (χ1n) is 8.57. The summed E-state index contributed by atoms with van der Waals surface area (Å²) < 4.78 is 18.5. The SMILES string of the molecule is O=C(NC(c1cccc(Cl)c1)P(=O)(O)c1ccccc1)OCc1ccccc1. The number of carbonyl (C=O) groups is 1. The van der Waals surface area contributed by atoms with Crippen LogP contribution in [0.1, 0.15) is 16.9 Å². The number of nitrogens with one attached hydrogen (secondary N) is 1. The predicted octanol–water partition coefficient (Wildman–Crippen LogP) is 4.86. The van der Waals surface area contributed by atoms with Gasteiger partial charge in [-0.25, -0.2) is 4.79 Å². The minimum absolute atomic E-state index is 0.0516. The molecular formula is C21H19ClNO4P. The minimum Gasteiger partial charge on any atom is -0.445 e. The molecule has 144 valence electrons. The van der Waals surface area contributed by atoms with Gasteiger partial charge < -0.3 is 14.9 Å². The van der Waals surface area contributed by atoms with Gasteiger partial charge >= 0.3 is 6.09 Å². The first-order valence-corrected chi connectivity index (χ1v) is 10.7. The molecule has 0 fully saturated rings. The van der Waals surface area contributed by atoms with Gasteiger partial charge in [-0.1, -0.05) is 72.3 Å². The Morgan fingerprint density at radius 3 is 2.29 bits per heavy atom. The summed E-state index contributed by atoms with van der Waals surface area (Å²) in [6.07, 6.45) is -0.793. The smallest absolute Gasteiger partial charge is 0.408 e. The summed E-state index contributed by atoms with van der Waals surface area (Å²) in [4.78, 5) is 23.2. The lowest BCUT2D eigenvalue weighted by Gasteiger charge is -2.25. The average molecular weight is 416 g/mol. The molecule has 0 aliphatic heterocycles. The minimum atomic E-state index is -4.02. The van der Waals surface area contributed by atoms with Crippen LogP contribution in [0.2, 0.25) is 5.02 Å². The normalized spacial score (nSPS) is 13.9. The van der Waals surface area contributed by atoms with E-state index in [2.05, 4.69) is 5.32 Å². The van der Waals surface area contributed by atoms with Gasteiger partial charge in [-0.3, -0.25) is 4.57 Å². The summed E-state index contributed by atoms with van der Waals surface area (Å²) >= 11 is 6.05. The van der Waals surface area contributed by atoms with Crippen LogP contribution in [0.5, 0.6) is 0 Å². The molecule has 0 heterocycles. The maximum Gasteiger partial charge on any atom is 0.408 e. The topological polar surface area (TPSA) is 75.6 Å². The number of alkyl carbamates (subject to hydrolysis) is 1. The van der Waals surface area contributed by atoms with Crippen molar-refractivity contribution in [1.82, 2.24) is 5.32 Å². The molecule has 7 heteroatoms. The number of halogens is 1. The van der Waals surface area contributed by atoms with Crippen molar-refractivity contribution in [3.05, 3.63) is 101 Å². The van der Waals surface area contributed by atoms with Crippen LogP contribution < -0.4 is 10.6 Å². The van der Waals surface area contributed by atoms with Crippen LogP contribution in [0.4, 0.5) is 4.79 Å². The Hall–Kier alpha value is -2.59. The lowest BCUT2D eigenvalue weighted by atomic mass is 10.2. The number of rotatable bonds is 6. The maximum atomic E-state index is 13.3. The van der Waals surface area contributed by atoms with E-state index in [1.165, 1.54) is 0 Å². The van der Waals surface area contributed by atoms with Crippen LogP contribution in [-0.4, -0.2) is 11.0 Å². The number of benzene rings is 3. The van der Waals surface area contributed by atoms with E-state index in [1.54, 1.807) is 54.6 Å². The van der Waals surface area contributed by atoms with Crippen molar-refractivity contribution in [3.63, 3.8) is 0 Å². The monoisotopic (exact) mass is 415 g/mol. The Balaban J connectivity index is 1.84. The third-order valence-corrected chi connectivity index (χ3v) is 6.51. The first-order chi connectivity index (χ1) is 13.5. The van der Waals surface area contributed by atoms with Gasteiger partial charge in [0.25, 0.3) is 7.37 Å². The van der Waals surface area contributed by atoms with E-state index in [1.807, 2.05) is 30.3 Å². The molecule has 1 amide bonds. The average Bonchev–Trinajstić information content (AvgIpc) is 2.72. The molecule has 0 spiro atoms. The highest BCUT2D eigenvalue weighted by Gasteiger charge is 2.36. The molecular weight excluding hydrogens is 397 g/mol. The number of ether oxygens (including phenoxy) is 1. The Kier molecular flexibility index (Phi) is 6.53. The van der Waals surface area contributed by atoms with E-state index in [0.717, 1.165) is 5.56 Å². The zero-order valence-electron chi connectivity index (χ0n) is 14.9. The molecule has 5 nitrogen and oxygen atoms in total. The Morgan fingerprint density at radius 1 is 1.00 bits per heavy atom. The van der Waals surface area contributed by atoms with Crippen molar-refractivity contribution < 1.29 is 19.0 Å². The number of carbonyl (C=O) groups excluding carboxylic acids is 1. The first kappa shape index (κ1) is 20.2. The Bertz CT molecular complexity index is 982. The fraction of sp³-hybridized carbons (Fsp3) is 0.0952. The zero-order valence-corrected chi connectivity index (χ0v) is 16.5. The molecule has 0 radical (unpaired) electrons. The lowest BCUT2D eigenvalue weighted by molar-refractivity contribution is 0.138. The zero-order chi connectivity index (χ0) is 20.0. The summed E-state index contributed by atoms with van der Waals surface area (Å²) in [5, 5.41) is 3.16. The molecule has 2 N–H and O–H groups in total. The maximum absolute atomic E-state index is 13.3. The largest absolute Gasteiger partial charge is 0.445 e. The molecule has 3 aromatic rings. The summed E-state index contributed by atoms with van der Waals surface area (Å²) in [6, 6.07) is 23.9. The van der Waals surface area contributed by atoms with Crippen LogP contribution in [0, 0.1) is 0 Å². The summed E-state index contributed by atoms with van der Waals surface area (Å²) in [7, 11) is -4.02. The molecule has 0 aliphatic rings. The lowest BCUT2D eigenvalue weighted by Crippen LogP contribution is -2.31. The fourth-order valence-electron chi connectivity index (χ4n) is 2.72. The van der Waals surface area contributed by atoms with Crippen LogP contribution in [0.15, 0.2) is 84.9 Å². The van der Waals surface area contributed by atoms with Crippen molar-refractivity contribution in [1.29, 1.82) is 0 Å². The van der Waals surface area contributed by atoms with Crippen molar-refractivity contribution in [3.8, 4) is 0 Å². The molecule has 0 bridgehead atoms. The van der Waals surface area contributed by atoms with Gasteiger partial charge in [-0.15, -0.1) is 0 Å². The molecule has 0 saturated heterocycles. The third kappa shape index (κ3) is 5.02. The van der Waals surface area contributed by atoms with Gasteiger partial charge in [0.1, 0.15) is 12.4 Å². The second kappa shape index (κ2) is 9.07. The van der Waals surface area contributed by atoms with Crippen LogP contribution >= 0.6 is 19.0 Å². The Morgan fingerprint density at radius 2 is 1.64 bits per heavy atom. The van der Waals surface area contributed by atoms with Gasteiger partial charge in [0.2, 0.25) is 0 Å². The van der Waals surface area contributed by atoms with Crippen molar-refractivity contribution >= 4 is 30.4 Å². The standard InChI is InChI=1S/C21H19ClNO4P/c22-18-11-7-10-17(14-18)20(28(25,26)19-12-5-2-6-13-19)23-21(24)27-15-16-8-3-1-4-9-16/h1-14,20H,15H2,(H,23,24)(H,25,26). The van der Waals surface area contributed by atoms with Crippen molar-refractivity contribution in [2.45, 2.75) is 12.4 Å². The summed E-state index contributed by atoms with van der Waals surface area (Å²) in [5.41, 5.74) is 1.23. The number of hydrogen-bond donors (Lipinski definition) is 2. The highest BCUT2D eigenvalue weighted by atomic mass is 35.5. The molecule has 2 unspecified atom stereocenters. The van der Waals surface area contributed by atoms with Gasteiger partial charge in [-0.05, 0) is 35.4 Å². The van der Waals surface area contributed by atoms with Crippen molar-refractivity contribution in [2.24, 2.45) is 0 Å². The second-order valence-electron chi connectivity index (χ2n) is 6.12. The molecule has 0 aromatic heterocycles. The van der Waals surface area contributed by atoms with Gasteiger partial charge in [0.15, 0.2) is 0 Å². The molecule has 2 atom stereocenters. The number of amides is 1. The van der Waals surface area contributed by atoms with E-state index < -0.39 is 19.2 Å². The van der Waals surface area contributed by atoms with Gasteiger partial charge in [0.05, 0.1) is 0 Å². The highest BCUT2D eigenvalue weighted by molar-refractivity contribution is 7.66. The molecule has 3 aromatic carbocycles. The van der Waals surface area contributed by atoms with Crippen molar-refractivity contribution in [2.75, 3.05) is 0 Å². The highest BCUT2D eigenvalue weighted by Crippen LogP contribution is 2.53. The number of hydrogen-bond acceptors (Lipinski definition) is 3. The molecule has 28 heavy (non-hydrogen) atoms. The van der Waals surface area contributed by atoms with Gasteiger partial charge in [0, 0.05) is 10.3 Å². The van der Waals surface area contributed by atoms with E-state index in [-0.39, 0.29) is 11.9 Å². The van der Waals surface area contributed by atoms with Gasteiger partial charge in [-0.2, -0.15) is 0 Å². The van der Waals surface area contributed by atoms with Crippen LogP contribution in [-0.2, 0) is 15.9 Å². The fourth-order valence-corrected chi connectivity index (χ4v) is 4.66. The van der Waals surface area contributed by atoms with E-state index in [9.17, 15) is 14.3 Å². The molecule has 0 aliphatic carbocycles. The van der Waals surface area contributed by atoms with Crippen LogP contribution in [0.25, 0.3) is 0 Å². The third-order valence-electron chi connectivity index (χ3n) is 4.11. The summed E-state index contributed by atoms with van der Waals surface area (Å²) in [6.45, 7) is 0.0516. The quantitative estimate of drug-likeness (QED) is 0.564. The molecule has 0 saturated carbocycles. The predicted molar refractivity (Wildman–Crippen MR) is 110 cm³/mol. The molecule has 3 rings (SSSR count).